The molecule has 0 saturated heterocycles. The number of carboxylic acid groups (broad SMARTS) is 1. The summed E-state index contributed by atoms with van der Waals surface area (Å²) in [7, 11) is -3.50. The Bertz CT molecular complexity index is 736. The van der Waals surface area contributed by atoms with Crippen LogP contribution in [-0.2, 0) is 16.4 Å². The number of hydrogen-bond acceptors (Lipinski definition) is 4. The van der Waals surface area contributed by atoms with Gasteiger partial charge in [0.15, 0.2) is 9.84 Å². The lowest BCUT2D eigenvalue weighted by molar-refractivity contribution is 0.0696. The first kappa shape index (κ1) is 15.2. The van der Waals surface area contributed by atoms with Gasteiger partial charge >= 0.3 is 5.97 Å². The molecule has 0 aliphatic heterocycles. The summed E-state index contributed by atoms with van der Waals surface area (Å²) in [6, 6.07) is 4.32. The Morgan fingerprint density at radius 1 is 1.38 bits per heavy atom. The van der Waals surface area contributed by atoms with Crippen LogP contribution in [0, 0.1) is 6.92 Å². The number of imidazole rings is 1. The molecule has 7 heteroatoms. The van der Waals surface area contributed by atoms with Crippen molar-refractivity contribution in [2.45, 2.75) is 24.8 Å². The van der Waals surface area contributed by atoms with E-state index in [1.54, 1.807) is 23.3 Å². The normalized spacial score (nSPS) is 11.5. The zero-order valence-corrected chi connectivity index (χ0v) is 12.4. The summed E-state index contributed by atoms with van der Waals surface area (Å²) >= 11 is 0. The number of nitrogens with zero attached hydrogens (tertiary/aromatic N) is 2. The predicted molar refractivity (Wildman–Crippen MR) is 77.0 cm³/mol. The largest absolute Gasteiger partial charge is 0.478 e. The quantitative estimate of drug-likeness (QED) is 0.878. The molecule has 1 aromatic carbocycles. The van der Waals surface area contributed by atoms with Gasteiger partial charge in [0.1, 0.15) is 0 Å². The van der Waals surface area contributed by atoms with Gasteiger partial charge in [-0.05, 0) is 31.0 Å². The molecule has 2 rings (SSSR count). The zero-order valence-electron chi connectivity index (χ0n) is 11.6. The van der Waals surface area contributed by atoms with Crippen molar-refractivity contribution in [1.29, 1.82) is 0 Å². The number of benzene rings is 1. The van der Waals surface area contributed by atoms with Crippen molar-refractivity contribution in [3.63, 3.8) is 0 Å². The number of carboxylic acids is 1. The second-order valence-electron chi connectivity index (χ2n) is 4.71. The van der Waals surface area contributed by atoms with E-state index in [-0.39, 0.29) is 21.8 Å². The molecule has 1 N–H and O–H groups in total. The molecular formula is C14H16N2O4S. The minimum atomic E-state index is -3.50. The molecule has 6 nitrogen and oxygen atoms in total. The summed E-state index contributed by atoms with van der Waals surface area (Å²) in [5.41, 5.74) is 0.304. The third-order valence-corrected chi connectivity index (χ3v) is 5.18. The summed E-state index contributed by atoms with van der Waals surface area (Å²) in [5.74, 6) is -1.15. The molecule has 0 atom stereocenters. The summed E-state index contributed by atoms with van der Waals surface area (Å²) in [5, 5.41) is 9.05. The van der Waals surface area contributed by atoms with E-state index in [0.717, 1.165) is 0 Å². The molecule has 0 bridgehead atoms. The highest BCUT2D eigenvalue weighted by atomic mass is 32.2. The first-order chi connectivity index (χ1) is 9.92. The minimum absolute atomic E-state index is 0.0192. The van der Waals surface area contributed by atoms with Crippen LogP contribution in [0.15, 0.2) is 41.8 Å². The lowest BCUT2D eigenvalue weighted by Gasteiger charge is -2.10. The van der Waals surface area contributed by atoms with Gasteiger partial charge in [0, 0.05) is 18.9 Å². The monoisotopic (exact) mass is 308 g/mol. The van der Waals surface area contributed by atoms with E-state index in [4.69, 9.17) is 5.11 Å². The van der Waals surface area contributed by atoms with Crippen LogP contribution < -0.4 is 0 Å². The standard InChI is InChI=1S/C14H16N2O4S/c1-11-12(14(17)18)4-2-5-13(11)21(19,20)9-3-7-16-8-6-15-10-16/h2,4-6,8,10H,3,7,9H2,1H3,(H,17,18). The summed E-state index contributed by atoms with van der Waals surface area (Å²) in [6.07, 6.45) is 5.47. The van der Waals surface area contributed by atoms with E-state index >= 15 is 0 Å². The van der Waals surface area contributed by atoms with Crippen LogP contribution in [0.4, 0.5) is 0 Å². The molecule has 1 heterocycles. The van der Waals surface area contributed by atoms with Gasteiger partial charge in [-0.15, -0.1) is 0 Å². The Balaban J connectivity index is 2.16. The van der Waals surface area contributed by atoms with Crippen molar-refractivity contribution in [2.24, 2.45) is 0 Å². The van der Waals surface area contributed by atoms with Crippen LogP contribution in [0.25, 0.3) is 0 Å². The topological polar surface area (TPSA) is 89.3 Å². The number of aryl methyl sites for hydroxylation is 1. The molecule has 0 spiro atoms. The zero-order chi connectivity index (χ0) is 15.5. The van der Waals surface area contributed by atoms with Gasteiger partial charge in [-0.25, -0.2) is 18.2 Å². The first-order valence-corrected chi connectivity index (χ1v) is 8.08. The number of aromatic nitrogens is 2. The molecule has 1 aromatic heterocycles. The van der Waals surface area contributed by atoms with Crippen LogP contribution in [0.2, 0.25) is 0 Å². The van der Waals surface area contributed by atoms with Crippen LogP contribution in [-0.4, -0.2) is 34.8 Å². The van der Waals surface area contributed by atoms with E-state index in [1.165, 1.54) is 25.1 Å². The molecular weight excluding hydrogens is 292 g/mol. The third-order valence-electron chi connectivity index (χ3n) is 3.24. The van der Waals surface area contributed by atoms with E-state index in [9.17, 15) is 13.2 Å². The van der Waals surface area contributed by atoms with Crippen molar-refractivity contribution >= 4 is 15.8 Å². The SMILES string of the molecule is Cc1c(C(=O)O)cccc1S(=O)(=O)CCCn1ccnc1. The number of hydrogen-bond donors (Lipinski definition) is 1. The molecule has 0 amide bonds. The number of aromatic carboxylic acids is 1. The Labute approximate surface area is 123 Å². The van der Waals surface area contributed by atoms with Crippen molar-refractivity contribution in [1.82, 2.24) is 9.55 Å². The maximum Gasteiger partial charge on any atom is 0.335 e. The summed E-state index contributed by atoms with van der Waals surface area (Å²) in [4.78, 5) is 15.0. The lowest BCUT2D eigenvalue weighted by Crippen LogP contribution is -2.13. The van der Waals surface area contributed by atoms with Crippen molar-refractivity contribution in [3.8, 4) is 0 Å². The van der Waals surface area contributed by atoms with Gasteiger partial charge in [-0.2, -0.15) is 0 Å². The van der Waals surface area contributed by atoms with Gasteiger partial charge in [0.2, 0.25) is 0 Å². The summed E-state index contributed by atoms with van der Waals surface area (Å²) in [6.45, 7) is 2.07. The van der Waals surface area contributed by atoms with Crippen LogP contribution in [0.5, 0.6) is 0 Å². The molecule has 0 fully saturated rings. The van der Waals surface area contributed by atoms with Gasteiger partial charge < -0.3 is 9.67 Å². The second kappa shape index (κ2) is 6.09. The second-order valence-corrected chi connectivity index (χ2v) is 6.78. The molecule has 0 radical (unpaired) electrons. The lowest BCUT2D eigenvalue weighted by atomic mass is 10.1. The van der Waals surface area contributed by atoms with E-state index < -0.39 is 15.8 Å². The fourth-order valence-electron chi connectivity index (χ4n) is 2.15. The Morgan fingerprint density at radius 2 is 2.14 bits per heavy atom. The van der Waals surface area contributed by atoms with Gasteiger partial charge in [-0.1, -0.05) is 6.07 Å². The highest BCUT2D eigenvalue weighted by molar-refractivity contribution is 7.91. The fraction of sp³-hybridized carbons (Fsp3) is 0.286. The average Bonchev–Trinajstić information content (AvgIpc) is 2.91. The van der Waals surface area contributed by atoms with Crippen LogP contribution in [0.1, 0.15) is 22.3 Å². The Kier molecular flexibility index (Phi) is 4.42. The van der Waals surface area contributed by atoms with Gasteiger partial charge in [-0.3, -0.25) is 0 Å². The molecule has 0 unspecified atom stereocenters. The van der Waals surface area contributed by atoms with Crippen molar-refractivity contribution in [2.75, 3.05) is 5.75 Å². The highest BCUT2D eigenvalue weighted by Crippen LogP contribution is 2.21. The average molecular weight is 308 g/mol. The van der Waals surface area contributed by atoms with Crippen molar-refractivity contribution in [3.05, 3.63) is 48.0 Å². The molecule has 0 saturated carbocycles. The fourth-order valence-corrected chi connectivity index (χ4v) is 3.74. The molecule has 112 valence electrons. The number of sulfone groups is 1. The maximum atomic E-state index is 12.3. The molecule has 21 heavy (non-hydrogen) atoms. The van der Waals surface area contributed by atoms with E-state index in [2.05, 4.69) is 4.98 Å². The molecule has 0 aliphatic carbocycles. The van der Waals surface area contributed by atoms with Gasteiger partial charge in [0.05, 0.1) is 22.5 Å². The summed E-state index contributed by atoms with van der Waals surface area (Å²) < 4.78 is 26.5. The number of carbonyl (C=O) groups is 1. The number of rotatable bonds is 6. The predicted octanol–water partition coefficient (Wildman–Crippen LogP) is 1.75. The highest BCUT2D eigenvalue weighted by Gasteiger charge is 2.20. The van der Waals surface area contributed by atoms with Crippen LogP contribution in [0.3, 0.4) is 0 Å². The van der Waals surface area contributed by atoms with Gasteiger partial charge in [0.25, 0.3) is 0 Å². The van der Waals surface area contributed by atoms with E-state index in [1.807, 2.05) is 0 Å². The molecule has 0 aliphatic rings. The first-order valence-electron chi connectivity index (χ1n) is 6.43. The Hall–Kier alpha value is -2.15. The Morgan fingerprint density at radius 3 is 2.76 bits per heavy atom. The third kappa shape index (κ3) is 3.49. The smallest absolute Gasteiger partial charge is 0.335 e. The van der Waals surface area contributed by atoms with Crippen molar-refractivity contribution < 1.29 is 18.3 Å². The minimum Gasteiger partial charge on any atom is -0.478 e. The van der Waals surface area contributed by atoms with E-state index in [0.29, 0.717) is 13.0 Å². The molecule has 2 aromatic rings. The maximum absolute atomic E-state index is 12.3. The van der Waals surface area contributed by atoms with Crippen LogP contribution >= 0.6 is 0 Å².